The van der Waals surface area contributed by atoms with Crippen molar-refractivity contribution in [1.29, 1.82) is 0 Å². The minimum Gasteiger partial charge on any atom is -0.377 e. The first-order valence-corrected chi connectivity index (χ1v) is 7.46. The molecule has 2 fully saturated rings. The Morgan fingerprint density at radius 2 is 2.11 bits per heavy atom. The highest BCUT2D eigenvalue weighted by Crippen LogP contribution is 2.37. The molecule has 0 atom stereocenters. The molecular formula is C14H23N3O2. The number of aryl methyl sites for hydroxylation is 1. The molecule has 1 aromatic heterocycles. The first kappa shape index (κ1) is 13.1. The number of nitrogens with one attached hydrogen (secondary N) is 1. The van der Waals surface area contributed by atoms with Gasteiger partial charge in [0.25, 0.3) is 0 Å². The van der Waals surface area contributed by atoms with Crippen molar-refractivity contribution in [3.05, 3.63) is 11.7 Å². The van der Waals surface area contributed by atoms with Crippen molar-refractivity contribution < 1.29 is 9.26 Å². The van der Waals surface area contributed by atoms with Crippen LogP contribution in [0.25, 0.3) is 0 Å². The Morgan fingerprint density at radius 1 is 1.32 bits per heavy atom. The second-order valence-corrected chi connectivity index (χ2v) is 5.78. The highest BCUT2D eigenvalue weighted by atomic mass is 16.5. The predicted molar refractivity (Wildman–Crippen MR) is 70.8 cm³/mol. The van der Waals surface area contributed by atoms with Crippen molar-refractivity contribution in [2.24, 2.45) is 0 Å². The van der Waals surface area contributed by atoms with Crippen LogP contribution >= 0.6 is 0 Å². The summed E-state index contributed by atoms with van der Waals surface area (Å²) in [6.07, 6.45) is 8.93. The molecule has 5 heteroatoms. The first-order chi connectivity index (χ1) is 9.28. The molecule has 0 unspecified atom stereocenters. The molecule has 1 N–H and O–H groups in total. The van der Waals surface area contributed by atoms with E-state index in [2.05, 4.69) is 15.5 Å². The van der Waals surface area contributed by atoms with Crippen LogP contribution in [-0.2, 0) is 10.3 Å². The maximum Gasteiger partial charge on any atom is 0.223 e. The van der Waals surface area contributed by atoms with Crippen LogP contribution in [-0.4, -0.2) is 29.4 Å². The van der Waals surface area contributed by atoms with Crippen molar-refractivity contribution in [3.63, 3.8) is 0 Å². The van der Waals surface area contributed by atoms with Gasteiger partial charge in [-0.05, 0) is 32.1 Å². The van der Waals surface area contributed by atoms with Crippen molar-refractivity contribution in [2.45, 2.75) is 63.5 Å². The van der Waals surface area contributed by atoms with Gasteiger partial charge in [-0.2, -0.15) is 4.98 Å². The van der Waals surface area contributed by atoms with Gasteiger partial charge in [0.15, 0.2) is 5.82 Å². The normalized spacial score (nSPS) is 22.6. The summed E-state index contributed by atoms with van der Waals surface area (Å²) in [6, 6.07) is 0. The van der Waals surface area contributed by atoms with E-state index in [4.69, 9.17) is 9.26 Å². The lowest BCUT2D eigenvalue weighted by Crippen LogP contribution is -2.43. The second kappa shape index (κ2) is 5.59. The molecule has 1 heterocycles. The Morgan fingerprint density at radius 3 is 2.68 bits per heavy atom. The van der Waals surface area contributed by atoms with Gasteiger partial charge < -0.3 is 14.6 Å². The molecule has 3 rings (SSSR count). The number of hydrogen-bond donors (Lipinski definition) is 1. The molecule has 0 saturated heterocycles. The van der Waals surface area contributed by atoms with Crippen LogP contribution in [0.1, 0.15) is 56.7 Å². The summed E-state index contributed by atoms with van der Waals surface area (Å²) in [5, 5.41) is 7.74. The predicted octanol–water partition coefficient (Wildman–Crippen LogP) is 2.31. The lowest BCUT2D eigenvalue weighted by molar-refractivity contribution is 0.00155. The number of rotatable bonds is 6. The fraction of sp³-hybridized carbons (Fsp3) is 0.857. The van der Waals surface area contributed by atoms with Crippen molar-refractivity contribution in [2.75, 3.05) is 13.2 Å². The molecule has 0 bridgehead atoms. The van der Waals surface area contributed by atoms with Crippen molar-refractivity contribution in [3.8, 4) is 0 Å². The molecule has 2 saturated carbocycles. The van der Waals surface area contributed by atoms with E-state index in [0.717, 1.165) is 31.8 Å². The Hall–Kier alpha value is -0.940. The van der Waals surface area contributed by atoms with Gasteiger partial charge in [-0.15, -0.1) is 0 Å². The standard InChI is InChI=1S/C14H23N3O2/c1-11-16-13(17-19-11)14(7-2-3-8-14)15-9-10-18-12-5-4-6-12/h12,15H,2-10H2,1H3. The first-order valence-electron chi connectivity index (χ1n) is 7.46. The molecule has 0 aromatic carbocycles. The van der Waals surface area contributed by atoms with Gasteiger partial charge in [0, 0.05) is 13.5 Å². The molecule has 0 radical (unpaired) electrons. The summed E-state index contributed by atoms with van der Waals surface area (Å²) in [6.45, 7) is 3.49. The van der Waals surface area contributed by atoms with Gasteiger partial charge in [0.05, 0.1) is 18.2 Å². The fourth-order valence-corrected chi connectivity index (χ4v) is 3.00. The molecular weight excluding hydrogens is 242 g/mol. The van der Waals surface area contributed by atoms with Gasteiger partial charge in [0.2, 0.25) is 5.89 Å². The van der Waals surface area contributed by atoms with Gasteiger partial charge in [-0.3, -0.25) is 0 Å². The van der Waals surface area contributed by atoms with E-state index < -0.39 is 0 Å². The van der Waals surface area contributed by atoms with Crippen LogP contribution in [0.5, 0.6) is 0 Å². The number of nitrogens with zero attached hydrogens (tertiary/aromatic N) is 2. The number of aromatic nitrogens is 2. The van der Waals surface area contributed by atoms with Crippen molar-refractivity contribution >= 4 is 0 Å². The second-order valence-electron chi connectivity index (χ2n) is 5.78. The van der Waals surface area contributed by atoms with Gasteiger partial charge in [0.1, 0.15) is 0 Å². The molecule has 2 aliphatic rings. The molecule has 0 spiro atoms. The summed E-state index contributed by atoms with van der Waals surface area (Å²) in [5.41, 5.74) is -0.0826. The van der Waals surface area contributed by atoms with E-state index in [-0.39, 0.29) is 5.54 Å². The van der Waals surface area contributed by atoms with Crippen LogP contribution in [0.4, 0.5) is 0 Å². The Balaban J connectivity index is 1.54. The van der Waals surface area contributed by atoms with Crippen LogP contribution in [0.3, 0.4) is 0 Å². The fourth-order valence-electron chi connectivity index (χ4n) is 3.00. The highest BCUT2D eigenvalue weighted by molar-refractivity contribution is 5.07. The Kier molecular flexibility index (Phi) is 3.84. The van der Waals surface area contributed by atoms with E-state index in [0.29, 0.717) is 12.0 Å². The zero-order chi connectivity index (χ0) is 13.1. The van der Waals surface area contributed by atoms with E-state index in [9.17, 15) is 0 Å². The van der Waals surface area contributed by atoms with Crippen LogP contribution < -0.4 is 5.32 Å². The zero-order valence-corrected chi connectivity index (χ0v) is 11.7. The van der Waals surface area contributed by atoms with Gasteiger partial charge >= 0.3 is 0 Å². The average Bonchev–Trinajstić information content (AvgIpc) is 2.96. The Bertz CT molecular complexity index is 409. The quantitative estimate of drug-likeness (QED) is 0.800. The molecule has 19 heavy (non-hydrogen) atoms. The van der Waals surface area contributed by atoms with Crippen LogP contribution in [0.15, 0.2) is 4.52 Å². The highest BCUT2D eigenvalue weighted by Gasteiger charge is 2.39. The maximum absolute atomic E-state index is 5.80. The van der Waals surface area contributed by atoms with E-state index in [1.807, 2.05) is 6.92 Å². The molecule has 1 aromatic rings. The third-order valence-electron chi connectivity index (χ3n) is 4.38. The van der Waals surface area contributed by atoms with E-state index in [1.165, 1.54) is 32.1 Å². The zero-order valence-electron chi connectivity index (χ0n) is 11.7. The summed E-state index contributed by atoms with van der Waals surface area (Å²) < 4.78 is 10.9. The minimum atomic E-state index is -0.0826. The molecule has 106 valence electrons. The molecule has 5 nitrogen and oxygen atoms in total. The summed E-state index contributed by atoms with van der Waals surface area (Å²) >= 11 is 0. The smallest absolute Gasteiger partial charge is 0.223 e. The molecule has 0 aliphatic heterocycles. The van der Waals surface area contributed by atoms with Crippen molar-refractivity contribution in [1.82, 2.24) is 15.5 Å². The minimum absolute atomic E-state index is 0.0826. The third-order valence-corrected chi connectivity index (χ3v) is 4.38. The summed E-state index contributed by atoms with van der Waals surface area (Å²) in [4.78, 5) is 4.42. The SMILES string of the molecule is Cc1nc(C2(NCCOC3CCC3)CCCC2)no1. The summed E-state index contributed by atoms with van der Waals surface area (Å²) in [7, 11) is 0. The average molecular weight is 265 g/mol. The monoisotopic (exact) mass is 265 g/mol. The van der Waals surface area contributed by atoms with E-state index in [1.54, 1.807) is 0 Å². The third kappa shape index (κ3) is 2.82. The number of ether oxygens (including phenoxy) is 1. The van der Waals surface area contributed by atoms with E-state index >= 15 is 0 Å². The summed E-state index contributed by atoms with van der Waals surface area (Å²) in [5.74, 6) is 1.47. The molecule has 2 aliphatic carbocycles. The maximum atomic E-state index is 5.80. The molecule has 0 amide bonds. The van der Waals surface area contributed by atoms with Gasteiger partial charge in [-0.1, -0.05) is 18.0 Å². The van der Waals surface area contributed by atoms with Crippen LogP contribution in [0.2, 0.25) is 0 Å². The lowest BCUT2D eigenvalue weighted by Gasteiger charge is -2.29. The number of hydrogen-bond acceptors (Lipinski definition) is 5. The Labute approximate surface area is 114 Å². The largest absolute Gasteiger partial charge is 0.377 e. The topological polar surface area (TPSA) is 60.2 Å². The van der Waals surface area contributed by atoms with Crippen LogP contribution in [0, 0.1) is 6.92 Å². The lowest BCUT2D eigenvalue weighted by atomic mass is 9.96. The van der Waals surface area contributed by atoms with Gasteiger partial charge in [-0.25, -0.2) is 0 Å².